The van der Waals surface area contributed by atoms with Crippen LogP contribution in [0.4, 0.5) is 11.4 Å². The third kappa shape index (κ3) is 7.97. The van der Waals surface area contributed by atoms with Crippen molar-refractivity contribution in [1.29, 1.82) is 0 Å². The zero-order valence-electron chi connectivity index (χ0n) is 26.8. The van der Waals surface area contributed by atoms with E-state index in [1.54, 1.807) is 12.1 Å². The molecule has 0 bridgehead atoms. The molecule has 2 aliphatic rings. The number of unbranched alkanes of at least 4 members (excludes halogenated alkanes) is 3. The Hall–Kier alpha value is -3.30. The summed E-state index contributed by atoms with van der Waals surface area (Å²) < 4.78 is 45.9. The Labute approximate surface area is 271 Å². The summed E-state index contributed by atoms with van der Waals surface area (Å²) in [5.41, 5.74) is 8.27. The van der Waals surface area contributed by atoms with Crippen LogP contribution in [0.2, 0.25) is 0 Å². The first-order valence-electron chi connectivity index (χ1n) is 15.5. The minimum absolute atomic E-state index is 0.0398. The van der Waals surface area contributed by atoms with E-state index < -0.39 is 29.1 Å². The van der Waals surface area contributed by atoms with Crippen molar-refractivity contribution in [3.05, 3.63) is 83.2 Å². The standard InChI is InChI=1S/C34H43N2O8PS/c1-33(2)26-14-7-8-15-28(26)35(22-12-13-23-46(42,43)44)30(33)16-9-10-17-31-34(3,4)27-24-25(45(39,40)41)19-20-29(27)36(31)21-11-5-6-18-32(37)38/h7-10,14-16,19-20,24H,5-6,11-13,18,21-23H2,1-4H3,(H3-,37,38,39,40,41,42,43,44)/p+1/b16-9+. The van der Waals surface area contributed by atoms with Gasteiger partial charge in [-0.25, -0.2) is 0 Å². The van der Waals surface area contributed by atoms with E-state index in [0.717, 1.165) is 46.8 Å². The van der Waals surface area contributed by atoms with Crippen molar-refractivity contribution in [3.8, 4) is 0 Å². The van der Waals surface area contributed by atoms with Gasteiger partial charge in [0.05, 0.1) is 22.2 Å². The molecule has 0 atom stereocenters. The maximum atomic E-state index is 12.1. The fourth-order valence-electron chi connectivity index (χ4n) is 6.44. The van der Waals surface area contributed by atoms with Gasteiger partial charge in [0.1, 0.15) is 6.54 Å². The minimum Gasteiger partial charge on any atom is -0.481 e. The number of para-hydroxylation sites is 1. The molecular weight excluding hydrogens is 627 g/mol. The molecule has 46 heavy (non-hydrogen) atoms. The molecule has 0 saturated carbocycles. The highest BCUT2D eigenvalue weighted by Crippen LogP contribution is 2.48. The summed E-state index contributed by atoms with van der Waals surface area (Å²) in [5.74, 6) is -1.10. The van der Waals surface area contributed by atoms with Crippen molar-refractivity contribution in [1.82, 2.24) is 0 Å². The van der Waals surface area contributed by atoms with E-state index in [1.807, 2.05) is 44.2 Å². The van der Waals surface area contributed by atoms with E-state index in [4.69, 9.17) is 9.66 Å². The van der Waals surface area contributed by atoms with E-state index in [9.17, 15) is 27.6 Å². The second kappa shape index (κ2) is 13.8. The van der Waals surface area contributed by atoms with Crippen LogP contribution in [0, 0.1) is 0 Å². The number of rotatable bonds is 14. The summed E-state index contributed by atoms with van der Waals surface area (Å²) in [4.78, 5) is 32.8. The van der Waals surface area contributed by atoms with Crippen LogP contribution < -0.4 is 10.2 Å². The molecule has 0 saturated heterocycles. The Morgan fingerprint density at radius 3 is 2.37 bits per heavy atom. The van der Waals surface area contributed by atoms with Gasteiger partial charge >= 0.3 is 13.6 Å². The average Bonchev–Trinajstić information content (AvgIpc) is 3.30. The molecule has 248 valence electrons. The first-order valence-corrected chi connectivity index (χ1v) is 18.7. The Morgan fingerprint density at radius 2 is 1.70 bits per heavy atom. The van der Waals surface area contributed by atoms with Gasteiger partial charge in [0, 0.05) is 48.2 Å². The zero-order valence-corrected chi connectivity index (χ0v) is 28.5. The van der Waals surface area contributed by atoms with Gasteiger partial charge in [0.2, 0.25) is 5.69 Å². The summed E-state index contributed by atoms with van der Waals surface area (Å²) in [7, 11) is -8.48. The molecule has 2 aromatic rings. The van der Waals surface area contributed by atoms with E-state index in [-0.39, 0.29) is 22.9 Å². The second-order valence-electron chi connectivity index (χ2n) is 12.9. The number of carboxylic acid groups (broad SMARTS) is 1. The van der Waals surface area contributed by atoms with E-state index in [2.05, 4.69) is 41.2 Å². The number of aliphatic carboxylic acids is 1. The normalized spacial score (nSPS) is 16.9. The smallest absolute Gasteiger partial charge is 0.356 e. The van der Waals surface area contributed by atoms with Crippen LogP contribution in [0.1, 0.15) is 77.3 Å². The van der Waals surface area contributed by atoms with Crippen molar-refractivity contribution < 1.29 is 41.8 Å². The topological polar surface area (TPSA) is 155 Å². The molecule has 10 nitrogen and oxygen atoms in total. The number of allylic oxidation sites excluding steroid dienone is 3. The number of anilines is 1. The molecule has 0 amide bonds. The summed E-state index contributed by atoms with van der Waals surface area (Å²) in [6, 6.07) is 12.9. The maximum Gasteiger partial charge on any atom is 0.356 e. The number of carboxylic acids is 1. The molecule has 0 aromatic heterocycles. The van der Waals surface area contributed by atoms with Gasteiger partial charge in [0.15, 0.2) is 5.71 Å². The summed E-state index contributed by atoms with van der Waals surface area (Å²) in [6.07, 6.45) is 8.85. The lowest BCUT2D eigenvalue weighted by Crippen LogP contribution is -2.28. The largest absolute Gasteiger partial charge is 0.481 e. The SMILES string of the molecule is CC1(C)C(=C=C/C=C/C2=[N+](CCCCS(=O)(=O)O)c3ccccc3C2(C)C)N(CCCCCC(=O)O)c2ccc(P(=O)(O)O)cc21. The van der Waals surface area contributed by atoms with Crippen molar-refractivity contribution in [2.24, 2.45) is 0 Å². The van der Waals surface area contributed by atoms with Gasteiger partial charge in [-0.2, -0.15) is 13.0 Å². The fraction of sp³-hybridized carbons (Fsp3) is 0.441. The highest BCUT2D eigenvalue weighted by atomic mass is 32.2. The predicted molar refractivity (Wildman–Crippen MR) is 180 cm³/mol. The minimum atomic E-state index is -4.46. The van der Waals surface area contributed by atoms with Crippen LogP contribution in [0.25, 0.3) is 0 Å². The molecular formula is C34H44N2O8PS+. The third-order valence-corrected chi connectivity index (χ3v) is 10.6. The highest BCUT2D eigenvalue weighted by molar-refractivity contribution is 7.85. The van der Waals surface area contributed by atoms with Crippen molar-refractivity contribution >= 4 is 46.1 Å². The molecule has 2 aromatic carbocycles. The van der Waals surface area contributed by atoms with Crippen molar-refractivity contribution in [3.63, 3.8) is 0 Å². The Morgan fingerprint density at radius 1 is 0.978 bits per heavy atom. The first-order chi connectivity index (χ1) is 21.4. The molecule has 0 spiro atoms. The lowest BCUT2D eigenvalue weighted by Gasteiger charge is -2.25. The number of hydrogen-bond donors (Lipinski definition) is 4. The molecule has 0 unspecified atom stereocenters. The second-order valence-corrected chi connectivity index (χ2v) is 16.1. The monoisotopic (exact) mass is 671 g/mol. The number of nitrogens with zero attached hydrogens (tertiary/aromatic N) is 2. The van der Waals surface area contributed by atoms with E-state index in [1.165, 1.54) is 6.07 Å². The van der Waals surface area contributed by atoms with E-state index in [0.29, 0.717) is 32.4 Å². The zero-order chi connectivity index (χ0) is 33.9. The number of benzene rings is 2. The van der Waals surface area contributed by atoms with Gasteiger partial charge in [-0.3, -0.25) is 13.9 Å². The lowest BCUT2D eigenvalue weighted by molar-refractivity contribution is -0.438. The summed E-state index contributed by atoms with van der Waals surface area (Å²) >= 11 is 0. The van der Waals surface area contributed by atoms with Crippen LogP contribution in [0.3, 0.4) is 0 Å². The Bertz CT molecular complexity index is 1780. The maximum absolute atomic E-state index is 12.1. The molecule has 4 N–H and O–H groups in total. The quantitative estimate of drug-likeness (QED) is 0.0504. The van der Waals surface area contributed by atoms with E-state index >= 15 is 0 Å². The molecule has 4 rings (SSSR count). The molecule has 2 heterocycles. The number of fused-ring (bicyclic) bond motifs is 2. The fourth-order valence-corrected chi connectivity index (χ4v) is 7.58. The van der Waals surface area contributed by atoms with Gasteiger partial charge in [-0.15, -0.1) is 0 Å². The molecule has 2 aliphatic heterocycles. The molecule has 12 heteroatoms. The third-order valence-electron chi connectivity index (χ3n) is 8.82. The molecule has 0 aliphatic carbocycles. The highest BCUT2D eigenvalue weighted by Gasteiger charge is 2.44. The summed E-state index contributed by atoms with van der Waals surface area (Å²) in [6.45, 7) is 9.47. The van der Waals surface area contributed by atoms with Crippen LogP contribution in [0.5, 0.6) is 0 Å². The van der Waals surface area contributed by atoms with Gasteiger partial charge in [0.25, 0.3) is 10.1 Å². The number of carbonyl (C=O) groups is 1. The summed E-state index contributed by atoms with van der Waals surface area (Å²) in [5, 5.41) is 8.96. The van der Waals surface area contributed by atoms with Crippen LogP contribution in [-0.4, -0.2) is 63.0 Å². The number of hydrogen-bond acceptors (Lipinski definition) is 5. The predicted octanol–water partition coefficient (Wildman–Crippen LogP) is 5.57. The van der Waals surface area contributed by atoms with Crippen LogP contribution in [0.15, 0.2) is 72.1 Å². The van der Waals surface area contributed by atoms with Crippen LogP contribution in [-0.2, 0) is 30.3 Å². The van der Waals surface area contributed by atoms with Gasteiger partial charge < -0.3 is 19.8 Å². The van der Waals surface area contributed by atoms with Crippen molar-refractivity contribution in [2.45, 2.75) is 77.0 Å². The van der Waals surface area contributed by atoms with Crippen LogP contribution >= 0.6 is 7.60 Å². The Balaban J connectivity index is 1.69. The lowest BCUT2D eigenvalue weighted by atomic mass is 9.81. The van der Waals surface area contributed by atoms with Gasteiger partial charge in [-0.05, 0) is 82.9 Å². The average molecular weight is 672 g/mol. The van der Waals surface area contributed by atoms with Gasteiger partial charge in [-0.1, -0.05) is 30.4 Å². The first kappa shape index (κ1) is 35.6. The van der Waals surface area contributed by atoms with Crippen molar-refractivity contribution in [2.75, 3.05) is 23.7 Å². The Kier molecular flexibility index (Phi) is 10.7. The molecule has 0 radical (unpaired) electrons. The molecule has 0 fully saturated rings.